The average Bonchev–Trinajstić information content (AvgIpc) is 2.35. The fourth-order valence-electron chi connectivity index (χ4n) is 1.60. The monoisotopic (exact) mass is 237 g/mol. The lowest BCUT2D eigenvalue weighted by molar-refractivity contribution is -0.104. The number of benzene rings is 1. The van der Waals surface area contributed by atoms with Crippen molar-refractivity contribution in [3.8, 4) is 0 Å². The Morgan fingerprint density at radius 2 is 1.88 bits per heavy atom. The van der Waals surface area contributed by atoms with Crippen LogP contribution in [0.25, 0.3) is 0 Å². The number of nitrogens with one attached hydrogen (secondary N) is 1. The first kappa shape index (κ1) is 12.8. The Kier molecular flexibility index (Phi) is 5.06. The Morgan fingerprint density at radius 3 is 2.31 bits per heavy atom. The minimum absolute atomic E-state index is 0.174. The molecule has 16 heavy (non-hydrogen) atoms. The van der Waals surface area contributed by atoms with Crippen molar-refractivity contribution in [2.24, 2.45) is 0 Å². The lowest BCUT2D eigenvalue weighted by atomic mass is 10.0. The van der Waals surface area contributed by atoms with Crippen LogP contribution in [-0.2, 0) is 17.6 Å². The number of carbonyl (C=O) groups is 1. The first-order valence-corrected chi connectivity index (χ1v) is 5.78. The van der Waals surface area contributed by atoms with Gasteiger partial charge in [-0.3, -0.25) is 4.79 Å². The van der Waals surface area contributed by atoms with E-state index >= 15 is 0 Å². The SMILES string of the molecule is CCc1cccc(CC)c1N/C=C(\Cl)C=O. The third-order valence-electron chi connectivity index (χ3n) is 2.47. The van der Waals surface area contributed by atoms with E-state index in [0.29, 0.717) is 6.29 Å². The molecule has 1 N–H and O–H groups in total. The molecule has 1 aromatic carbocycles. The van der Waals surface area contributed by atoms with Gasteiger partial charge < -0.3 is 5.32 Å². The summed E-state index contributed by atoms with van der Waals surface area (Å²) in [6.07, 6.45) is 4.04. The van der Waals surface area contributed by atoms with Crippen molar-refractivity contribution in [3.63, 3.8) is 0 Å². The zero-order valence-corrected chi connectivity index (χ0v) is 10.3. The summed E-state index contributed by atoms with van der Waals surface area (Å²) in [5, 5.41) is 3.28. The molecule has 0 radical (unpaired) electrons. The quantitative estimate of drug-likeness (QED) is 0.627. The highest BCUT2D eigenvalue weighted by molar-refractivity contribution is 6.38. The molecule has 0 heterocycles. The van der Waals surface area contributed by atoms with E-state index in [1.165, 1.54) is 17.3 Å². The van der Waals surface area contributed by atoms with Gasteiger partial charge in [0.2, 0.25) is 0 Å². The number of hydrogen-bond acceptors (Lipinski definition) is 2. The molecule has 3 heteroatoms. The van der Waals surface area contributed by atoms with Gasteiger partial charge in [-0.15, -0.1) is 0 Å². The lowest BCUT2D eigenvalue weighted by Crippen LogP contribution is -1.99. The summed E-state index contributed by atoms with van der Waals surface area (Å²) in [5.74, 6) is 0. The van der Waals surface area contributed by atoms with Gasteiger partial charge >= 0.3 is 0 Å². The van der Waals surface area contributed by atoms with E-state index < -0.39 is 0 Å². The first-order valence-electron chi connectivity index (χ1n) is 5.41. The van der Waals surface area contributed by atoms with Crippen LogP contribution in [0.5, 0.6) is 0 Å². The van der Waals surface area contributed by atoms with E-state index in [9.17, 15) is 4.79 Å². The highest BCUT2D eigenvalue weighted by atomic mass is 35.5. The second-order valence-corrected chi connectivity index (χ2v) is 3.89. The summed E-state index contributed by atoms with van der Waals surface area (Å²) < 4.78 is 0. The van der Waals surface area contributed by atoms with Crippen molar-refractivity contribution in [2.45, 2.75) is 26.7 Å². The molecule has 0 saturated heterocycles. The Balaban J connectivity index is 3.04. The minimum Gasteiger partial charge on any atom is -0.360 e. The maximum Gasteiger partial charge on any atom is 0.162 e. The smallest absolute Gasteiger partial charge is 0.162 e. The topological polar surface area (TPSA) is 29.1 Å². The van der Waals surface area contributed by atoms with E-state index in [2.05, 4.69) is 31.3 Å². The van der Waals surface area contributed by atoms with Crippen LogP contribution in [0, 0.1) is 0 Å². The maximum atomic E-state index is 10.4. The third kappa shape index (κ3) is 3.11. The Hall–Kier alpha value is -1.28. The first-order chi connectivity index (χ1) is 7.72. The van der Waals surface area contributed by atoms with Gasteiger partial charge in [0.05, 0.1) is 5.03 Å². The lowest BCUT2D eigenvalue weighted by Gasteiger charge is -2.12. The molecular weight excluding hydrogens is 222 g/mol. The molecule has 0 bridgehead atoms. The van der Waals surface area contributed by atoms with Gasteiger partial charge in [-0.2, -0.15) is 0 Å². The molecule has 0 amide bonds. The minimum atomic E-state index is 0.174. The summed E-state index contributed by atoms with van der Waals surface area (Å²) in [4.78, 5) is 10.4. The number of rotatable bonds is 5. The maximum absolute atomic E-state index is 10.4. The number of carbonyl (C=O) groups excluding carboxylic acids is 1. The molecule has 0 aliphatic heterocycles. The molecule has 0 atom stereocenters. The molecule has 0 aliphatic rings. The summed E-state index contributed by atoms with van der Waals surface area (Å²) in [7, 11) is 0. The third-order valence-corrected chi connectivity index (χ3v) is 2.66. The predicted molar refractivity (Wildman–Crippen MR) is 68.8 cm³/mol. The van der Waals surface area contributed by atoms with Gasteiger partial charge in [-0.25, -0.2) is 0 Å². The van der Waals surface area contributed by atoms with E-state index in [4.69, 9.17) is 11.6 Å². The van der Waals surface area contributed by atoms with Gasteiger partial charge in [-0.05, 0) is 24.0 Å². The van der Waals surface area contributed by atoms with Gasteiger partial charge in [0.15, 0.2) is 6.29 Å². The molecule has 86 valence electrons. The van der Waals surface area contributed by atoms with Crippen molar-refractivity contribution in [1.82, 2.24) is 0 Å². The van der Waals surface area contributed by atoms with Crippen LogP contribution in [0.1, 0.15) is 25.0 Å². The van der Waals surface area contributed by atoms with Crippen LogP contribution in [0.2, 0.25) is 0 Å². The summed E-state index contributed by atoms with van der Waals surface area (Å²) in [6.45, 7) is 4.20. The van der Waals surface area contributed by atoms with Crippen LogP contribution in [0.3, 0.4) is 0 Å². The second-order valence-electron chi connectivity index (χ2n) is 3.45. The number of anilines is 1. The Morgan fingerprint density at radius 1 is 1.31 bits per heavy atom. The van der Waals surface area contributed by atoms with Crippen molar-refractivity contribution in [3.05, 3.63) is 40.6 Å². The van der Waals surface area contributed by atoms with E-state index in [0.717, 1.165) is 18.5 Å². The van der Waals surface area contributed by atoms with Crippen LogP contribution < -0.4 is 5.32 Å². The number of para-hydroxylation sites is 1. The summed E-state index contributed by atoms with van der Waals surface area (Å²) in [5.41, 5.74) is 3.52. The van der Waals surface area contributed by atoms with Crippen molar-refractivity contribution < 1.29 is 4.79 Å². The predicted octanol–water partition coefficient (Wildman–Crippen LogP) is 3.50. The zero-order chi connectivity index (χ0) is 12.0. The molecule has 0 fully saturated rings. The Labute approximate surface area is 101 Å². The van der Waals surface area contributed by atoms with Gasteiger partial charge in [0.1, 0.15) is 0 Å². The van der Waals surface area contributed by atoms with Crippen molar-refractivity contribution >= 4 is 23.6 Å². The van der Waals surface area contributed by atoms with Gasteiger partial charge in [0.25, 0.3) is 0 Å². The van der Waals surface area contributed by atoms with Crippen LogP contribution in [-0.4, -0.2) is 6.29 Å². The number of aldehydes is 1. The number of halogens is 1. The molecule has 0 aliphatic carbocycles. The normalized spacial score (nSPS) is 11.3. The average molecular weight is 238 g/mol. The Bertz CT molecular complexity index is 377. The van der Waals surface area contributed by atoms with Crippen LogP contribution in [0.4, 0.5) is 5.69 Å². The number of aryl methyl sites for hydroxylation is 2. The standard InChI is InChI=1S/C13H16ClNO/c1-3-10-6-5-7-11(4-2)13(10)15-8-12(14)9-16/h5-9,15H,3-4H2,1-2H3/b12-8-. The van der Waals surface area contributed by atoms with Crippen molar-refractivity contribution in [2.75, 3.05) is 5.32 Å². The molecule has 1 aromatic rings. The molecule has 0 aromatic heterocycles. The molecule has 0 unspecified atom stereocenters. The van der Waals surface area contributed by atoms with Crippen LogP contribution >= 0.6 is 11.6 Å². The second kappa shape index (κ2) is 6.33. The van der Waals surface area contributed by atoms with Gasteiger partial charge in [-0.1, -0.05) is 43.6 Å². The molecule has 1 rings (SSSR count). The highest BCUT2D eigenvalue weighted by Gasteiger charge is 2.04. The van der Waals surface area contributed by atoms with E-state index in [1.54, 1.807) is 0 Å². The molecule has 0 spiro atoms. The number of allylic oxidation sites excluding steroid dienone is 1. The fraction of sp³-hybridized carbons (Fsp3) is 0.308. The van der Waals surface area contributed by atoms with E-state index in [1.807, 2.05) is 6.07 Å². The molecule has 0 saturated carbocycles. The van der Waals surface area contributed by atoms with Gasteiger partial charge in [0, 0.05) is 11.9 Å². The number of hydrogen-bond donors (Lipinski definition) is 1. The highest BCUT2D eigenvalue weighted by Crippen LogP contribution is 2.22. The van der Waals surface area contributed by atoms with Crippen LogP contribution in [0.15, 0.2) is 29.4 Å². The summed E-state index contributed by atoms with van der Waals surface area (Å²) >= 11 is 5.64. The molecular formula is C13H16ClNO. The van der Waals surface area contributed by atoms with Crippen molar-refractivity contribution in [1.29, 1.82) is 0 Å². The largest absolute Gasteiger partial charge is 0.360 e. The fourth-order valence-corrected chi connectivity index (χ4v) is 1.66. The summed E-state index contributed by atoms with van der Waals surface area (Å²) in [6, 6.07) is 6.20. The zero-order valence-electron chi connectivity index (χ0n) is 9.59. The molecule has 2 nitrogen and oxygen atoms in total. The van der Waals surface area contributed by atoms with E-state index in [-0.39, 0.29) is 5.03 Å².